The number of H-pyrrole nitrogens is 1. The molecule has 4 aromatic rings. The van der Waals surface area contributed by atoms with Crippen molar-refractivity contribution >= 4 is 22.5 Å². The van der Waals surface area contributed by atoms with Gasteiger partial charge in [0, 0.05) is 41.5 Å². The molecular formula is C22H21N5O. The van der Waals surface area contributed by atoms with Gasteiger partial charge in [-0.1, -0.05) is 19.9 Å². The normalized spacial score (nSPS) is 11.1. The number of amides is 1. The molecule has 0 fully saturated rings. The van der Waals surface area contributed by atoms with E-state index in [0.717, 1.165) is 33.3 Å². The van der Waals surface area contributed by atoms with Gasteiger partial charge in [0.2, 0.25) is 5.91 Å². The predicted molar refractivity (Wildman–Crippen MR) is 111 cm³/mol. The second-order valence-corrected chi connectivity index (χ2v) is 7.18. The zero-order valence-electron chi connectivity index (χ0n) is 15.8. The van der Waals surface area contributed by atoms with Crippen molar-refractivity contribution < 1.29 is 4.79 Å². The third-order valence-electron chi connectivity index (χ3n) is 4.47. The van der Waals surface area contributed by atoms with Crippen LogP contribution >= 0.6 is 0 Å². The maximum Gasteiger partial charge on any atom is 0.224 e. The molecule has 0 aliphatic carbocycles. The highest BCUT2D eigenvalue weighted by Gasteiger charge is 2.11. The first kappa shape index (κ1) is 17.9. The van der Waals surface area contributed by atoms with Crippen molar-refractivity contribution in [2.24, 2.45) is 5.92 Å². The molecule has 0 saturated carbocycles. The zero-order chi connectivity index (χ0) is 19.5. The van der Waals surface area contributed by atoms with Crippen LogP contribution < -0.4 is 5.32 Å². The van der Waals surface area contributed by atoms with Gasteiger partial charge in [-0.15, -0.1) is 0 Å². The largest absolute Gasteiger partial charge is 0.325 e. The molecule has 3 heterocycles. The van der Waals surface area contributed by atoms with Crippen LogP contribution in [0.4, 0.5) is 5.69 Å². The van der Waals surface area contributed by atoms with E-state index in [4.69, 9.17) is 0 Å². The quantitative estimate of drug-likeness (QED) is 0.534. The number of rotatable bonds is 5. The Morgan fingerprint density at radius 2 is 1.82 bits per heavy atom. The summed E-state index contributed by atoms with van der Waals surface area (Å²) in [4.78, 5) is 20.4. The number of anilines is 1. The van der Waals surface area contributed by atoms with E-state index < -0.39 is 0 Å². The number of hydrogen-bond acceptors (Lipinski definition) is 4. The number of carbonyl (C=O) groups excluding carboxylic acids is 1. The average molecular weight is 371 g/mol. The predicted octanol–water partition coefficient (Wildman–Crippen LogP) is 4.67. The van der Waals surface area contributed by atoms with Gasteiger partial charge in [0.05, 0.1) is 17.4 Å². The first-order valence-electron chi connectivity index (χ1n) is 9.24. The van der Waals surface area contributed by atoms with E-state index >= 15 is 0 Å². The van der Waals surface area contributed by atoms with Gasteiger partial charge in [-0.05, 0) is 41.8 Å². The number of pyridine rings is 2. The van der Waals surface area contributed by atoms with Crippen LogP contribution in [0, 0.1) is 5.92 Å². The van der Waals surface area contributed by atoms with Crippen LogP contribution in [0.5, 0.6) is 0 Å². The minimum Gasteiger partial charge on any atom is -0.325 e. The summed E-state index contributed by atoms with van der Waals surface area (Å²) in [5.41, 5.74) is 5.50. The minimum atomic E-state index is -0.000731. The Labute approximate surface area is 163 Å². The fourth-order valence-corrected chi connectivity index (χ4v) is 3.17. The molecule has 28 heavy (non-hydrogen) atoms. The summed E-state index contributed by atoms with van der Waals surface area (Å²) < 4.78 is 0. The van der Waals surface area contributed by atoms with Gasteiger partial charge < -0.3 is 5.32 Å². The zero-order valence-corrected chi connectivity index (χ0v) is 15.8. The van der Waals surface area contributed by atoms with Gasteiger partial charge >= 0.3 is 0 Å². The van der Waals surface area contributed by atoms with Crippen LogP contribution in [0.1, 0.15) is 20.3 Å². The molecule has 0 atom stereocenters. The van der Waals surface area contributed by atoms with E-state index in [1.165, 1.54) is 0 Å². The Kier molecular flexibility index (Phi) is 4.85. The number of nitrogens with one attached hydrogen (secondary N) is 2. The molecule has 2 N–H and O–H groups in total. The number of carbonyl (C=O) groups is 1. The van der Waals surface area contributed by atoms with E-state index in [0.29, 0.717) is 18.0 Å². The second kappa shape index (κ2) is 7.60. The maximum atomic E-state index is 12.1. The summed E-state index contributed by atoms with van der Waals surface area (Å²) in [6.45, 7) is 4.05. The highest BCUT2D eigenvalue weighted by Crippen LogP contribution is 2.30. The monoisotopic (exact) mass is 371 g/mol. The van der Waals surface area contributed by atoms with Gasteiger partial charge in [0.25, 0.3) is 0 Å². The van der Waals surface area contributed by atoms with Gasteiger partial charge in [-0.25, -0.2) is 0 Å². The van der Waals surface area contributed by atoms with Gasteiger partial charge in [-0.3, -0.25) is 19.9 Å². The fraction of sp³-hybridized carbons (Fsp3) is 0.182. The van der Waals surface area contributed by atoms with Crippen molar-refractivity contribution in [1.29, 1.82) is 0 Å². The number of aromatic amines is 1. The molecule has 6 heteroatoms. The smallest absolute Gasteiger partial charge is 0.224 e. The van der Waals surface area contributed by atoms with E-state index in [1.807, 2.05) is 44.2 Å². The van der Waals surface area contributed by atoms with E-state index in [9.17, 15) is 4.79 Å². The highest BCUT2D eigenvalue weighted by atomic mass is 16.1. The van der Waals surface area contributed by atoms with Crippen molar-refractivity contribution in [2.45, 2.75) is 20.3 Å². The Morgan fingerprint density at radius 1 is 1.00 bits per heavy atom. The van der Waals surface area contributed by atoms with E-state index in [1.54, 1.807) is 24.8 Å². The molecule has 6 nitrogen and oxygen atoms in total. The molecule has 4 rings (SSSR count). The molecule has 140 valence electrons. The Balaban J connectivity index is 1.68. The van der Waals surface area contributed by atoms with Crippen LogP contribution in [0.15, 0.2) is 61.2 Å². The SMILES string of the molecule is CC(C)CC(=O)Nc1cncc(-c2ccc3[nH]nc(-c4ccncc4)c3c2)c1. The van der Waals surface area contributed by atoms with Gasteiger partial charge in [0.15, 0.2) is 0 Å². The minimum absolute atomic E-state index is 0.000731. The number of aromatic nitrogens is 4. The first-order chi connectivity index (χ1) is 13.6. The summed E-state index contributed by atoms with van der Waals surface area (Å²) in [6, 6.07) is 11.9. The Morgan fingerprint density at radius 3 is 2.61 bits per heavy atom. The summed E-state index contributed by atoms with van der Waals surface area (Å²) in [5.74, 6) is 0.311. The summed E-state index contributed by atoms with van der Waals surface area (Å²) in [6.07, 6.45) is 7.46. The summed E-state index contributed by atoms with van der Waals surface area (Å²) in [7, 11) is 0. The molecule has 0 unspecified atom stereocenters. The van der Waals surface area contributed by atoms with Crippen LogP contribution in [0.3, 0.4) is 0 Å². The van der Waals surface area contributed by atoms with E-state index in [-0.39, 0.29) is 5.91 Å². The number of benzene rings is 1. The molecule has 0 aliphatic heterocycles. The molecule has 0 bridgehead atoms. The standard InChI is InChI=1S/C22H21N5O/c1-14(2)9-21(28)25-18-10-17(12-24-13-18)16-3-4-20-19(11-16)22(27-26-20)15-5-7-23-8-6-15/h3-8,10-14H,9H2,1-2H3,(H,25,28)(H,26,27). The number of hydrogen-bond donors (Lipinski definition) is 2. The molecule has 1 amide bonds. The lowest BCUT2D eigenvalue weighted by molar-refractivity contribution is -0.116. The van der Waals surface area contributed by atoms with Gasteiger partial charge in [0.1, 0.15) is 5.69 Å². The molecule has 0 spiro atoms. The van der Waals surface area contributed by atoms with Crippen LogP contribution in [0.2, 0.25) is 0 Å². The van der Waals surface area contributed by atoms with Crippen molar-refractivity contribution in [3.63, 3.8) is 0 Å². The molecule has 0 radical (unpaired) electrons. The topological polar surface area (TPSA) is 83.6 Å². The Bertz CT molecular complexity index is 1120. The van der Waals surface area contributed by atoms with E-state index in [2.05, 4.69) is 31.5 Å². The third-order valence-corrected chi connectivity index (χ3v) is 4.47. The molecule has 0 saturated heterocycles. The van der Waals surface area contributed by atoms with Crippen LogP contribution in [-0.2, 0) is 4.79 Å². The maximum absolute atomic E-state index is 12.1. The number of fused-ring (bicyclic) bond motifs is 1. The van der Waals surface area contributed by atoms with Gasteiger partial charge in [-0.2, -0.15) is 5.10 Å². The second-order valence-electron chi connectivity index (χ2n) is 7.18. The van der Waals surface area contributed by atoms with Crippen molar-refractivity contribution in [3.8, 4) is 22.4 Å². The molecular weight excluding hydrogens is 350 g/mol. The third kappa shape index (κ3) is 3.76. The van der Waals surface area contributed by atoms with Crippen molar-refractivity contribution in [1.82, 2.24) is 20.2 Å². The Hall–Kier alpha value is -3.54. The summed E-state index contributed by atoms with van der Waals surface area (Å²) in [5, 5.41) is 11.5. The summed E-state index contributed by atoms with van der Waals surface area (Å²) >= 11 is 0. The number of nitrogens with zero attached hydrogens (tertiary/aromatic N) is 3. The fourth-order valence-electron chi connectivity index (χ4n) is 3.17. The molecule has 0 aliphatic rings. The lowest BCUT2D eigenvalue weighted by atomic mass is 10.0. The molecule has 3 aromatic heterocycles. The lowest BCUT2D eigenvalue weighted by Gasteiger charge is -2.09. The molecule has 1 aromatic carbocycles. The van der Waals surface area contributed by atoms with Crippen LogP contribution in [0.25, 0.3) is 33.3 Å². The first-order valence-corrected chi connectivity index (χ1v) is 9.24. The van der Waals surface area contributed by atoms with Crippen molar-refractivity contribution in [2.75, 3.05) is 5.32 Å². The lowest BCUT2D eigenvalue weighted by Crippen LogP contribution is -2.13. The highest BCUT2D eigenvalue weighted by molar-refractivity contribution is 5.96. The van der Waals surface area contributed by atoms with Crippen LogP contribution in [-0.4, -0.2) is 26.1 Å². The van der Waals surface area contributed by atoms with Crippen molar-refractivity contribution in [3.05, 3.63) is 61.2 Å². The average Bonchev–Trinajstić information content (AvgIpc) is 3.11.